The van der Waals surface area contributed by atoms with Crippen LogP contribution in [0.25, 0.3) is 0 Å². The molecule has 38 heavy (non-hydrogen) atoms. The molecule has 0 heterocycles. The maximum atomic E-state index is 10.3. The largest absolute Gasteiger partial charge is 0.481 e. The summed E-state index contributed by atoms with van der Waals surface area (Å²) in [7, 11) is 2.22. The van der Waals surface area contributed by atoms with Crippen LogP contribution in [0.3, 0.4) is 0 Å². The Morgan fingerprint density at radius 3 is 0.974 bits per heavy atom. The second-order valence-electron chi connectivity index (χ2n) is 11.9. The lowest BCUT2D eigenvalue weighted by Gasteiger charge is -2.12. The zero-order valence-electron chi connectivity index (χ0n) is 27.0. The van der Waals surface area contributed by atoms with Gasteiger partial charge in [0.25, 0.3) is 0 Å². The highest BCUT2D eigenvalue weighted by Crippen LogP contribution is 2.14. The van der Waals surface area contributed by atoms with Gasteiger partial charge in [-0.2, -0.15) is 0 Å². The summed E-state index contributed by atoms with van der Waals surface area (Å²) in [5.74, 6) is -0.653. The Hall–Kier alpha value is -0.570. The van der Waals surface area contributed by atoms with E-state index in [2.05, 4.69) is 32.7 Å². The lowest BCUT2D eigenvalue weighted by atomic mass is 10.0. The van der Waals surface area contributed by atoms with Crippen LogP contribution in [0.15, 0.2) is 0 Å². The molecule has 230 valence electrons. The molecule has 0 aliphatic rings. The van der Waals surface area contributed by atoms with Crippen molar-refractivity contribution >= 4 is 5.97 Å². The molecule has 0 aromatic carbocycles. The number of carboxylic acid groups (broad SMARTS) is 1. The lowest BCUT2D eigenvalue weighted by molar-refractivity contribution is -0.137. The van der Waals surface area contributed by atoms with Crippen molar-refractivity contribution in [3.8, 4) is 0 Å². The smallest absolute Gasteiger partial charge is 0.303 e. The lowest BCUT2D eigenvalue weighted by Crippen LogP contribution is -2.18. The van der Waals surface area contributed by atoms with Crippen LogP contribution in [-0.4, -0.2) is 36.1 Å². The van der Waals surface area contributed by atoms with Gasteiger partial charge in [-0.3, -0.25) is 4.79 Å². The molecule has 0 radical (unpaired) electrons. The number of hydrogen-bond donors (Lipinski definition) is 1. The van der Waals surface area contributed by atoms with Crippen molar-refractivity contribution < 1.29 is 9.90 Å². The monoisotopic (exact) mass is 540 g/mol. The highest BCUT2D eigenvalue weighted by Gasteiger charge is 1.98. The molecule has 0 aromatic rings. The van der Waals surface area contributed by atoms with Crippen LogP contribution < -0.4 is 0 Å². The van der Waals surface area contributed by atoms with E-state index < -0.39 is 5.97 Å². The van der Waals surface area contributed by atoms with Gasteiger partial charge in [-0.15, -0.1) is 0 Å². The van der Waals surface area contributed by atoms with Crippen LogP contribution in [0.1, 0.15) is 201 Å². The van der Waals surface area contributed by atoms with E-state index in [-0.39, 0.29) is 0 Å². The first kappa shape index (κ1) is 39.6. The molecule has 0 bridgehead atoms. The maximum Gasteiger partial charge on any atom is 0.303 e. The van der Waals surface area contributed by atoms with E-state index in [0.29, 0.717) is 6.42 Å². The van der Waals surface area contributed by atoms with Gasteiger partial charge < -0.3 is 10.0 Å². The minimum atomic E-state index is -0.653. The van der Waals surface area contributed by atoms with Gasteiger partial charge in [-0.1, -0.05) is 181 Å². The minimum absolute atomic E-state index is 0.345. The normalized spacial score (nSPS) is 11.1. The Kier molecular flexibility index (Phi) is 37.9. The molecule has 0 aliphatic carbocycles. The molecule has 0 rings (SSSR count). The molecule has 0 aliphatic heterocycles. The van der Waals surface area contributed by atoms with Gasteiger partial charge in [0.15, 0.2) is 0 Å². The number of unbranched alkanes of at least 4 members (excludes halogenated alkanes) is 25. The molecular formula is C35H73NO2. The Morgan fingerprint density at radius 2 is 0.711 bits per heavy atom. The van der Waals surface area contributed by atoms with Crippen LogP contribution in [0.4, 0.5) is 0 Å². The summed E-state index contributed by atoms with van der Waals surface area (Å²) in [5.41, 5.74) is 0. The van der Waals surface area contributed by atoms with E-state index in [9.17, 15) is 4.79 Å². The molecule has 0 amide bonds. The van der Waals surface area contributed by atoms with Crippen molar-refractivity contribution in [1.82, 2.24) is 4.90 Å². The van der Waals surface area contributed by atoms with Crippen LogP contribution >= 0.6 is 0 Å². The van der Waals surface area contributed by atoms with Gasteiger partial charge in [0.2, 0.25) is 0 Å². The average Bonchev–Trinajstić information content (AvgIpc) is 2.91. The summed E-state index contributed by atoms with van der Waals surface area (Å²) in [5, 5.41) is 8.52. The number of rotatable bonds is 30. The highest BCUT2D eigenvalue weighted by atomic mass is 16.4. The first-order valence-electron chi connectivity index (χ1n) is 17.5. The van der Waals surface area contributed by atoms with Gasteiger partial charge in [-0.05, 0) is 33.0 Å². The fourth-order valence-corrected chi connectivity index (χ4v) is 5.03. The third-order valence-electron chi connectivity index (χ3n) is 7.93. The van der Waals surface area contributed by atoms with Crippen molar-refractivity contribution in [3.63, 3.8) is 0 Å². The maximum absolute atomic E-state index is 10.3. The standard InChI is InChI=1S/C18H36O2.C17H37N/c1-2-3-4-5-6-7-8-9-10-11-12-13-14-15-16-17-18(19)20;1-4-6-7-8-9-10-11-12-13-14-15-16-17-18(3)5-2/h2-17H2,1H3,(H,19,20);4-17H2,1-3H3. The average molecular weight is 540 g/mol. The molecule has 0 saturated carbocycles. The molecule has 1 N–H and O–H groups in total. The number of nitrogens with zero attached hydrogens (tertiary/aromatic N) is 1. The van der Waals surface area contributed by atoms with Crippen LogP contribution in [0.2, 0.25) is 0 Å². The van der Waals surface area contributed by atoms with Gasteiger partial charge >= 0.3 is 5.97 Å². The van der Waals surface area contributed by atoms with Crippen molar-refractivity contribution in [2.24, 2.45) is 0 Å². The summed E-state index contributed by atoms with van der Waals surface area (Å²) >= 11 is 0. The molecule has 0 saturated heterocycles. The molecule has 0 fully saturated rings. The van der Waals surface area contributed by atoms with E-state index in [0.717, 1.165) is 12.8 Å². The topological polar surface area (TPSA) is 40.5 Å². The molecule has 3 heteroatoms. The Labute approximate surface area is 241 Å². The zero-order valence-corrected chi connectivity index (χ0v) is 27.0. The van der Waals surface area contributed by atoms with Crippen molar-refractivity contribution in [1.29, 1.82) is 0 Å². The SMILES string of the molecule is CCCCCCCCCCCCCCCCCC(=O)O.CCCCCCCCCCCCCCN(C)CC. The van der Waals surface area contributed by atoms with Crippen molar-refractivity contribution in [3.05, 3.63) is 0 Å². The van der Waals surface area contributed by atoms with E-state index in [1.54, 1.807) is 0 Å². The summed E-state index contributed by atoms with van der Waals surface area (Å²) in [6.07, 6.45) is 37.6. The minimum Gasteiger partial charge on any atom is -0.481 e. The Bertz CT molecular complexity index is 426. The first-order valence-corrected chi connectivity index (χ1v) is 17.5. The van der Waals surface area contributed by atoms with Crippen molar-refractivity contribution in [2.45, 2.75) is 201 Å². The Morgan fingerprint density at radius 1 is 0.447 bits per heavy atom. The first-order chi connectivity index (χ1) is 18.6. The third kappa shape index (κ3) is 39.9. The van der Waals surface area contributed by atoms with Gasteiger partial charge in [0.05, 0.1) is 0 Å². The van der Waals surface area contributed by atoms with Crippen molar-refractivity contribution in [2.75, 3.05) is 20.1 Å². The molecule has 0 aromatic heterocycles. The highest BCUT2D eigenvalue weighted by molar-refractivity contribution is 5.66. The fourth-order valence-electron chi connectivity index (χ4n) is 5.03. The number of hydrogen-bond acceptors (Lipinski definition) is 2. The number of carbonyl (C=O) groups is 1. The predicted molar refractivity (Wildman–Crippen MR) is 171 cm³/mol. The summed E-state index contributed by atoms with van der Waals surface area (Å²) in [4.78, 5) is 12.7. The molecule has 0 atom stereocenters. The second kappa shape index (κ2) is 36.4. The van der Waals surface area contributed by atoms with E-state index in [1.807, 2.05) is 0 Å². The predicted octanol–water partition coefficient (Wildman–Crippen LogP) is 12.0. The molecule has 0 unspecified atom stereocenters. The van der Waals surface area contributed by atoms with Crippen LogP contribution in [0.5, 0.6) is 0 Å². The van der Waals surface area contributed by atoms with Gasteiger partial charge in [-0.25, -0.2) is 0 Å². The fraction of sp³-hybridized carbons (Fsp3) is 0.971. The molecular weight excluding hydrogens is 466 g/mol. The summed E-state index contributed by atoms with van der Waals surface area (Å²) in [6.45, 7) is 9.27. The number of aliphatic carboxylic acids is 1. The molecule has 3 nitrogen and oxygen atoms in total. The summed E-state index contributed by atoms with van der Waals surface area (Å²) in [6, 6.07) is 0. The van der Waals surface area contributed by atoms with Gasteiger partial charge in [0, 0.05) is 6.42 Å². The second-order valence-corrected chi connectivity index (χ2v) is 11.9. The zero-order chi connectivity index (χ0) is 28.4. The van der Waals surface area contributed by atoms with Crippen LogP contribution in [0, 0.1) is 0 Å². The third-order valence-corrected chi connectivity index (χ3v) is 7.93. The quantitative estimate of drug-likeness (QED) is 0.0922. The van der Waals surface area contributed by atoms with E-state index in [4.69, 9.17) is 5.11 Å². The van der Waals surface area contributed by atoms with Gasteiger partial charge in [0.1, 0.15) is 0 Å². The van der Waals surface area contributed by atoms with E-state index >= 15 is 0 Å². The number of carboxylic acids is 1. The van der Waals surface area contributed by atoms with E-state index in [1.165, 1.54) is 174 Å². The summed E-state index contributed by atoms with van der Waals surface area (Å²) < 4.78 is 0. The van der Waals surface area contributed by atoms with Crippen LogP contribution in [-0.2, 0) is 4.79 Å². The Balaban J connectivity index is 0. The molecule has 0 spiro atoms.